The first-order valence-corrected chi connectivity index (χ1v) is 12.2. The third-order valence-corrected chi connectivity index (χ3v) is 7.90. The summed E-state index contributed by atoms with van der Waals surface area (Å²) in [7, 11) is -3.77. The third kappa shape index (κ3) is 4.57. The molecule has 2 aromatic carbocycles. The molecule has 1 fully saturated rings. The van der Waals surface area contributed by atoms with Crippen molar-refractivity contribution in [3.05, 3.63) is 64.5 Å². The molecule has 1 aliphatic heterocycles. The number of aryl methyl sites for hydroxylation is 2. The first-order valence-electron chi connectivity index (χ1n) is 10.4. The molecule has 0 saturated carbocycles. The summed E-state index contributed by atoms with van der Waals surface area (Å²) in [5.41, 5.74) is 2.27. The second kappa shape index (κ2) is 9.05. The van der Waals surface area contributed by atoms with E-state index in [4.69, 9.17) is 16.0 Å². The first kappa shape index (κ1) is 22.5. The highest BCUT2D eigenvalue weighted by Crippen LogP contribution is 2.29. The Morgan fingerprint density at radius 1 is 1.09 bits per heavy atom. The van der Waals surface area contributed by atoms with E-state index in [2.05, 4.69) is 10.3 Å². The van der Waals surface area contributed by atoms with E-state index in [0.29, 0.717) is 24.7 Å². The number of anilines is 1. The number of halogens is 1. The largest absolute Gasteiger partial charge is 0.441 e. The lowest BCUT2D eigenvalue weighted by molar-refractivity contribution is 0.102. The number of sulfonamides is 1. The van der Waals surface area contributed by atoms with Gasteiger partial charge < -0.3 is 9.73 Å². The van der Waals surface area contributed by atoms with E-state index in [1.54, 1.807) is 18.2 Å². The van der Waals surface area contributed by atoms with Crippen LogP contribution in [-0.2, 0) is 10.0 Å². The number of piperidine rings is 1. The second-order valence-corrected chi connectivity index (χ2v) is 10.1. The van der Waals surface area contributed by atoms with Crippen molar-refractivity contribution in [2.24, 2.45) is 0 Å². The van der Waals surface area contributed by atoms with E-state index >= 15 is 0 Å². The zero-order chi connectivity index (χ0) is 22.9. The summed E-state index contributed by atoms with van der Waals surface area (Å²) < 4.78 is 33.2. The summed E-state index contributed by atoms with van der Waals surface area (Å²) in [6, 6.07) is 11.4. The molecule has 32 heavy (non-hydrogen) atoms. The molecule has 4 rings (SSSR count). The van der Waals surface area contributed by atoms with Gasteiger partial charge in [-0.1, -0.05) is 24.1 Å². The summed E-state index contributed by atoms with van der Waals surface area (Å²) in [6.07, 6.45) is 2.64. The number of oxazole rings is 1. The third-order valence-electron chi connectivity index (χ3n) is 5.52. The van der Waals surface area contributed by atoms with E-state index in [1.807, 2.05) is 19.9 Å². The summed E-state index contributed by atoms with van der Waals surface area (Å²) in [4.78, 5) is 17.2. The molecule has 0 spiro atoms. The molecule has 1 aromatic heterocycles. The number of nitrogens with one attached hydrogen (secondary N) is 1. The molecule has 1 saturated heterocycles. The summed E-state index contributed by atoms with van der Waals surface area (Å²) >= 11 is 6.21. The Labute approximate surface area is 192 Å². The minimum atomic E-state index is -3.77. The molecule has 3 aromatic rings. The number of nitrogens with zero attached hydrogens (tertiary/aromatic N) is 2. The van der Waals surface area contributed by atoms with Crippen LogP contribution < -0.4 is 5.32 Å². The fraction of sp³-hybridized carbons (Fsp3) is 0.304. The quantitative estimate of drug-likeness (QED) is 0.560. The Kier molecular flexibility index (Phi) is 6.37. The molecular weight excluding hydrogens is 450 g/mol. The Morgan fingerprint density at radius 3 is 2.53 bits per heavy atom. The van der Waals surface area contributed by atoms with E-state index < -0.39 is 15.9 Å². The topological polar surface area (TPSA) is 92.5 Å². The molecular formula is C23H24ClN3O4S. The van der Waals surface area contributed by atoms with Gasteiger partial charge in [0.2, 0.25) is 15.9 Å². The van der Waals surface area contributed by atoms with Crippen LogP contribution in [0.1, 0.15) is 41.1 Å². The molecule has 0 aliphatic carbocycles. The van der Waals surface area contributed by atoms with E-state index in [1.165, 1.54) is 22.5 Å². The van der Waals surface area contributed by atoms with Crippen molar-refractivity contribution in [1.82, 2.24) is 9.29 Å². The predicted octanol–water partition coefficient (Wildman–Crippen LogP) is 5.04. The van der Waals surface area contributed by atoms with E-state index in [9.17, 15) is 13.2 Å². The van der Waals surface area contributed by atoms with Gasteiger partial charge in [-0.15, -0.1) is 0 Å². The molecule has 168 valence electrons. The average Bonchev–Trinajstić information content (AvgIpc) is 3.13. The fourth-order valence-corrected chi connectivity index (χ4v) is 5.63. The maximum atomic E-state index is 13.1. The first-order chi connectivity index (χ1) is 15.3. The van der Waals surface area contributed by atoms with Gasteiger partial charge in [0.05, 0.1) is 10.7 Å². The molecule has 0 unspecified atom stereocenters. The molecule has 0 radical (unpaired) electrons. The Balaban J connectivity index is 1.58. The van der Waals surface area contributed by atoms with Gasteiger partial charge in [0, 0.05) is 29.9 Å². The molecule has 9 heteroatoms. The lowest BCUT2D eigenvalue weighted by Gasteiger charge is -2.26. The van der Waals surface area contributed by atoms with Gasteiger partial charge in [-0.25, -0.2) is 13.4 Å². The van der Waals surface area contributed by atoms with Crippen molar-refractivity contribution in [3.63, 3.8) is 0 Å². The smallest absolute Gasteiger partial charge is 0.255 e. The van der Waals surface area contributed by atoms with Gasteiger partial charge in [0.1, 0.15) is 10.7 Å². The number of aromatic nitrogens is 1. The highest BCUT2D eigenvalue weighted by Gasteiger charge is 2.28. The van der Waals surface area contributed by atoms with E-state index in [0.717, 1.165) is 36.3 Å². The van der Waals surface area contributed by atoms with Crippen LogP contribution in [0.4, 0.5) is 5.69 Å². The monoisotopic (exact) mass is 473 g/mol. The standard InChI is InChI=1S/C23H24ClN3O4S/c1-15-16(2)31-23(25-15)18-7-6-8-19(13-18)26-22(28)17-9-10-20(24)21(14-17)32(29,30)27-11-4-3-5-12-27/h6-10,13-14H,3-5,11-12H2,1-2H3,(H,26,28). The van der Waals surface area contributed by atoms with Crippen LogP contribution in [0.25, 0.3) is 11.5 Å². The molecule has 0 bridgehead atoms. The SMILES string of the molecule is Cc1nc(-c2cccc(NC(=O)c3ccc(Cl)c(S(=O)(=O)N4CCCCC4)c3)c2)oc1C. The fourth-order valence-electron chi connectivity index (χ4n) is 3.62. The van der Waals surface area contributed by atoms with Crippen molar-refractivity contribution in [3.8, 4) is 11.5 Å². The maximum Gasteiger partial charge on any atom is 0.255 e. The van der Waals surface area contributed by atoms with Crippen LogP contribution in [0.5, 0.6) is 0 Å². The number of rotatable bonds is 5. The number of hydrogen-bond donors (Lipinski definition) is 1. The van der Waals surface area contributed by atoms with Crippen LogP contribution in [0.3, 0.4) is 0 Å². The number of amides is 1. The number of carbonyl (C=O) groups is 1. The molecule has 7 nitrogen and oxygen atoms in total. The van der Waals surface area contributed by atoms with Crippen LogP contribution in [-0.4, -0.2) is 36.7 Å². The van der Waals surface area contributed by atoms with Gasteiger partial charge in [0.25, 0.3) is 5.91 Å². The lowest BCUT2D eigenvalue weighted by Crippen LogP contribution is -2.35. The normalized spacial score (nSPS) is 15.0. The van der Waals surface area contributed by atoms with Gasteiger partial charge >= 0.3 is 0 Å². The summed E-state index contributed by atoms with van der Waals surface area (Å²) in [6.45, 7) is 4.63. The van der Waals surface area contributed by atoms with Crippen LogP contribution in [0.2, 0.25) is 5.02 Å². The lowest BCUT2D eigenvalue weighted by atomic mass is 10.1. The second-order valence-electron chi connectivity index (χ2n) is 7.81. The zero-order valence-corrected chi connectivity index (χ0v) is 19.5. The van der Waals surface area contributed by atoms with Crippen molar-refractivity contribution in [2.75, 3.05) is 18.4 Å². The zero-order valence-electron chi connectivity index (χ0n) is 17.9. The van der Waals surface area contributed by atoms with Gasteiger partial charge in [0.15, 0.2) is 0 Å². The molecule has 2 heterocycles. The highest BCUT2D eigenvalue weighted by molar-refractivity contribution is 7.89. The Bertz CT molecular complexity index is 1240. The van der Waals surface area contributed by atoms with Crippen LogP contribution >= 0.6 is 11.6 Å². The minimum Gasteiger partial charge on any atom is -0.441 e. The van der Waals surface area contributed by atoms with Crippen molar-refractivity contribution < 1.29 is 17.6 Å². The minimum absolute atomic E-state index is 0.0480. The van der Waals surface area contributed by atoms with Crippen molar-refractivity contribution in [1.29, 1.82) is 0 Å². The maximum absolute atomic E-state index is 13.1. The summed E-state index contributed by atoms with van der Waals surface area (Å²) in [5, 5.41) is 2.91. The molecule has 1 N–H and O–H groups in total. The Hall–Kier alpha value is -2.68. The van der Waals surface area contributed by atoms with Gasteiger partial charge in [-0.3, -0.25) is 4.79 Å². The molecule has 1 amide bonds. The van der Waals surface area contributed by atoms with Crippen LogP contribution in [0, 0.1) is 13.8 Å². The molecule has 1 aliphatic rings. The molecule has 0 atom stereocenters. The van der Waals surface area contributed by atoms with Gasteiger partial charge in [-0.05, 0) is 63.1 Å². The number of benzene rings is 2. The predicted molar refractivity (Wildman–Crippen MR) is 123 cm³/mol. The average molecular weight is 474 g/mol. The van der Waals surface area contributed by atoms with Crippen LogP contribution in [0.15, 0.2) is 51.8 Å². The van der Waals surface area contributed by atoms with E-state index in [-0.39, 0.29) is 15.5 Å². The highest BCUT2D eigenvalue weighted by atomic mass is 35.5. The Morgan fingerprint density at radius 2 is 1.84 bits per heavy atom. The summed E-state index contributed by atoms with van der Waals surface area (Å²) in [5.74, 6) is 0.768. The van der Waals surface area contributed by atoms with Gasteiger partial charge in [-0.2, -0.15) is 4.31 Å². The number of hydrogen-bond acceptors (Lipinski definition) is 5. The van der Waals surface area contributed by atoms with Crippen molar-refractivity contribution >= 4 is 33.2 Å². The number of carbonyl (C=O) groups excluding carboxylic acids is 1. The van der Waals surface area contributed by atoms with Crippen molar-refractivity contribution in [2.45, 2.75) is 38.0 Å².